The second-order valence-electron chi connectivity index (χ2n) is 11.4. The summed E-state index contributed by atoms with van der Waals surface area (Å²) < 4.78 is 67.1. The molecule has 0 aliphatic carbocycles. The van der Waals surface area contributed by atoms with Gasteiger partial charge in [0.25, 0.3) is 5.56 Å². The van der Waals surface area contributed by atoms with E-state index in [0.717, 1.165) is 45.4 Å². The fourth-order valence-corrected chi connectivity index (χ4v) is 6.79. The Morgan fingerprint density at radius 1 is 1.13 bits per heavy atom. The molecule has 248 valence electrons. The van der Waals surface area contributed by atoms with E-state index in [1.807, 2.05) is 0 Å². The maximum absolute atomic E-state index is 14.5. The quantitative estimate of drug-likeness (QED) is 0.255. The fraction of sp³-hybridized carbons (Fsp3) is 0.483. The van der Waals surface area contributed by atoms with Gasteiger partial charge in [-0.15, -0.1) is 4.80 Å². The number of hydrogen-bond acceptors (Lipinski definition) is 9. The van der Waals surface area contributed by atoms with Crippen molar-refractivity contribution in [1.82, 2.24) is 29.0 Å². The van der Waals surface area contributed by atoms with Crippen LogP contribution in [0.5, 0.6) is 5.75 Å². The molecule has 1 saturated heterocycles. The van der Waals surface area contributed by atoms with Gasteiger partial charge in [0.15, 0.2) is 6.10 Å². The minimum absolute atomic E-state index is 0.0406. The molecule has 1 amide bonds. The Balaban J connectivity index is 1.75. The van der Waals surface area contributed by atoms with Crippen molar-refractivity contribution >= 4 is 27.5 Å². The molecule has 0 spiro atoms. The lowest BCUT2D eigenvalue weighted by molar-refractivity contribution is -0.221. The predicted octanol–water partition coefficient (Wildman–Crippen LogP) is 3.30. The molecule has 1 aromatic carbocycles. The van der Waals surface area contributed by atoms with Crippen LogP contribution in [0.2, 0.25) is 0 Å². The lowest BCUT2D eigenvalue weighted by Crippen LogP contribution is -2.56. The van der Waals surface area contributed by atoms with Crippen LogP contribution in [0.3, 0.4) is 0 Å². The summed E-state index contributed by atoms with van der Waals surface area (Å²) in [6, 6.07) is 3.31. The molecule has 4 heterocycles. The first kappa shape index (κ1) is 33.3. The molecule has 0 saturated carbocycles. The van der Waals surface area contributed by atoms with E-state index in [0.29, 0.717) is 23.7 Å². The summed E-state index contributed by atoms with van der Waals surface area (Å²) in [5, 5.41) is 18.4. The summed E-state index contributed by atoms with van der Waals surface area (Å²) in [6.45, 7) is 3.63. The molecule has 46 heavy (non-hydrogen) atoms. The van der Waals surface area contributed by atoms with Gasteiger partial charge in [0.05, 0.1) is 38.0 Å². The van der Waals surface area contributed by atoms with Crippen LogP contribution in [-0.4, -0.2) is 79.1 Å². The third-order valence-corrected chi connectivity index (χ3v) is 9.26. The van der Waals surface area contributed by atoms with Gasteiger partial charge in [-0.1, -0.05) is 11.3 Å². The molecule has 4 aromatic rings. The van der Waals surface area contributed by atoms with E-state index in [4.69, 9.17) is 9.47 Å². The van der Waals surface area contributed by atoms with E-state index in [1.165, 1.54) is 44.2 Å². The summed E-state index contributed by atoms with van der Waals surface area (Å²) in [5.74, 6) is -1.18. The molecule has 0 bridgehead atoms. The van der Waals surface area contributed by atoms with Gasteiger partial charge in [0.2, 0.25) is 5.91 Å². The molecule has 5 rings (SSSR count). The highest BCUT2D eigenvalue weighted by Crippen LogP contribution is 2.35. The number of aromatic nitrogens is 5. The second-order valence-corrected chi connectivity index (χ2v) is 12.4. The van der Waals surface area contributed by atoms with Crippen molar-refractivity contribution in [2.45, 2.75) is 64.1 Å². The number of alkyl halides is 3. The van der Waals surface area contributed by atoms with E-state index in [2.05, 4.69) is 10.2 Å². The molecule has 12 nitrogen and oxygen atoms in total. The number of aryl methyl sites for hydroxylation is 1. The number of aliphatic hydroxyl groups excluding tert-OH is 1. The molecule has 2 atom stereocenters. The topological polar surface area (TPSA) is 134 Å². The van der Waals surface area contributed by atoms with Crippen molar-refractivity contribution in [1.29, 1.82) is 0 Å². The van der Waals surface area contributed by atoms with E-state index >= 15 is 0 Å². The Morgan fingerprint density at radius 3 is 2.39 bits per heavy atom. The van der Waals surface area contributed by atoms with Crippen molar-refractivity contribution in [3.8, 4) is 10.8 Å². The molecule has 17 heteroatoms. The first-order valence-corrected chi connectivity index (χ1v) is 15.1. The SMILES string of the molecule is COc1ccc(F)cc1[C@H](Cn1c(=O)n(C(C)(C)C(=O)N2CCCC2)c(=O)c2c(C)c(-n3nccn3)sc21)OCC(O)C(F)(F)F. The minimum Gasteiger partial charge on any atom is -0.496 e. The first-order valence-electron chi connectivity index (χ1n) is 14.3. The summed E-state index contributed by atoms with van der Waals surface area (Å²) in [5.41, 5.74) is -3.04. The normalized spacial score (nSPS) is 15.5. The summed E-state index contributed by atoms with van der Waals surface area (Å²) in [4.78, 5) is 45.2. The van der Waals surface area contributed by atoms with Gasteiger partial charge >= 0.3 is 11.9 Å². The molecule has 1 aliphatic heterocycles. The van der Waals surface area contributed by atoms with Crippen LogP contribution in [0.1, 0.15) is 43.9 Å². The van der Waals surface area contributed by atoms with Crippen LogP contribution in [0.15, 0.2) is 40.2 Å². The molecule has 3 aromatic heterocycles. The first-order chi connectivity index (χ1) is 21.7. The Bertz CT molecular complexity index is 1860. The number of rotatable bonds is 10. The number of methoxy groups -OCH3 is 1. The number of fused-ring (bicyclic) bond motifs is 1. The van der Waals surface area contributed by atoms with Crippen LogP contribution in [-0.2, 0) is 21.6 Å². The average molecular weight is 669 g/mol. The highest BCUT2D eigenvalue weighted by molar-refractivity contribution is 7.21. The lowest BCUT2D eigenvalue weighted by atomic mass is 10.0. The Labute approximate surface area is 263 Å². The van der Waals surface area contributed by atoms with E-state index in [-0.39, 0.29) is 21.5 Å². The monoisotopic (exact) mass is 668 g/mol. The molecule has 1 fully saturated rings. The third kappa shape index (κ3) is 6.05. The van der Waals surface area contributed by atoms with Gasteiger partial charge in [-0.3, -0.25) is 14.2 Å². The number of nitrogens with zero attached hydrogens (tertiary/aromatic N) is 6. The van der Waals surface area contributed by atoms with Crippen LogP contribution >= 0.6 is 11.3 Å². The van der Waals surface area contributed by atoms with E-state index in [9.17, 15) is 37.1 Å². The number of carbonyl (C=O) groups excluding carboxylic acids is 1. The van der Waals surface area contributed by atoms with Crippen molar-refractivity contribution in [2.75, 3.05) is 26.8 Å². The largest absolute Gasteiger partial charge is 0.496 e. The number of aliphatic hydroxyl groups is 1. The molecule has 0 radical (unpaired) electrons. The third-order valence-electron chi connectivity index (χ3n) is 7.98. The van der Waals surface area contributed by atoms with Gasteiger partial charge < -0.3 is 19.5 Å². The number of carbonyl (C=O) groups is 1. The molecular formula is C29H32F4N6O6S. The fourth-order valence-electron chi connectivity index (χ4n) is 5.57. The zero-order chi connectivity index (χ0) is 33.6. The van der Waals surface area contributed by atoms with Gasteiger partial charge in [-0.25, -0.2) is 13.8 Å². The van der Waals surface area contributed by atoms with E-state index < -0.39 is 60.0 Å². The van der Waals surface area contributed by atoms with Gasteiger partial charge in [-0.2, -0.15) is 23.4 Å². The number of hydrogen-bond donors (Lipinski definition) is 1. The van der Waals surface area contributed by atoms with Crippen molar-refractivity contribution < 1.29 is 36.9 Å². The number of ether oxygens (including phenoxy) is 2. The molecule has 1 N–H and O–H groups in total. The lowest BCUT2D eigenvalue weighted by Gasteiger charge is -2.31. The highest BCUT2D eigenvalue weighted by atomic mass is 32.1. The van der Waals surface area contributed by atoms with Crippen LogP contribution < -0.4 is 16.0 Å². The maximum Gasteiger partial charge on any atom is 0.416 e. The number of amides is 1. The number of likely N-dealkylation sites (tertiary alicyclic amines) is 1. The Morgan fingerprint density at radius 2 is 1.78 bits per heavy atom. The second kappa shape index (κ2) is 12.6. The van der Waals surface area contributed by atoms with Crippen LogP contribution in [0.4, 0.5) is 17.6 Å². The average Bonchev–Trinajstić information content (AvgIpc) is 3.78. The van der Waals surface area contributed by atoms with Crippen molar-refractivity contribution in [2.24, 2.45) is 0 Å². The van der Waals surface area contributed by atoms with Gasteiger partial charge in [-0.05, 0) is 51.8 Å². The summed E-state index contributed by atoms with van der Waals surface area (Å²) >= 11 is 0.971. The Hall–Kier alpha value is -4.09. The summed E-state index contributed by atoms with van der Waals surface area (Å²) in [6.07, 6.45) is -5.05. The van der Waals surface area contributed by atoms with E-state index in [1.54, 1.807) is 11.8 Å². The molecule has 1 aliphatic rings. The highest BCUT2D eigenvalue weighted by Gasteiger charge is 2.41. The van der Waals surface area contributed by atoms with Gasteiger partial charge in [0, 0.05) is 24.2 Å². The smallest absolute Gasteiger partial charge is 0.416 e. The minimum atomic E-state index is -5.02. The van der Waals surface area contributed by atoms with Gasteiger partial charge in [0.1, 0.15) is 33.0 Å². The molecule has 1 unspecified atom stereocenters. The standard InChI is InChI=1S/C29H32F4N6O6S/c1-16-22-23(41)38(28(2,3)26(42)36-11-5-6-12-36)27(43)37(25(22)46-24(16)39-34-9-10-35-39)14-20(45-15-21(40)29(31,32)33)18-13-17(30)7-8-19(18)44-4/h7-10,13,20-21,40H,5-6,11-12,14-15H2,1-4H3/t20-,21?/m0/s1. The van der Waals surface area contributed by atoms with Crippen molar-refractivity contribution in [3.63, 3.8) is 0 Å². The number of thiophene rings is 1. The number of benzene rings is 1. The van der Waals surface area contributed by atoms with Crippen LogP contribution in [0.25, 0.3) is 15.2 Å². The maximum atomic E-state index is 14.5. The van der Waals surface area contributed by atoms with Crippen LogP contribution in [0, 0.1) is 12.7 Å². The van der Waals surface area contributed by atoms with Crippen molar-refractivity contribution in [3.05, 3.63) is 68.4 Å². The number of halogens is 4. The summed E-state index contributed by atoms with van der Waals surface area (Å²) in [7, 11) is 1.27. The molecular weight excluding hydrogens is 636 g/mol. The Kier molecular flexibility index (Phi) is 9.12. The predicted molar refractivity (Wildman–Crippen MR) is 159 cm³/mol. The zero-order valence-electron chi connectivity index (χ0n) is 25.4. The zero-order valence-corrected chi connectivity index (χ0v) is 26.2.